The van der Waals surface area contributed by atoms with Crippen LogP contribution in [0.5, 0.6) is 0 Å². The number of carbonyl (C=O) groups is 1. The number of hydrogen-bond acceptors (Lipinski definition) is 4. The number of nitrogens with zero attached hydrogens (tertiary/aromatic N) is 1. The third-order valence-corrected chi connectivity index (χ3v) is 5.04. The molecule has 1 aliphatic carbocycles. The highest BCUT2D eigenvalue weighted by Crippen LogP contribution is 2.34. The molecule has 0 saturated heterocycles. The minimum absolute atomic E-state index is 0.103. The Morgan fingerprint density at radius 3 is 2.59 bits per heavy atom. The average Bonchev–Trinajstić information content (AvgIpc) is 2.97. The standard InChI is InChI=1S/C20H28N2O2.H3O4P/c1-4-5-6-7-20(23)21-14-8-10-18-16(12-14)17-13-15(22(2)3)9-11-19(17)24-18;1-5(2,3)4/h8,10,12,15H,4-7,9,11,13H2,1-3H3,(H,21,23);(H3,1,2,3,4). The molecule has 2 aromatic rings. The Bertz CT molecular complexity index is 865. The maximum Gasteiger partial charge on any atom is 0.466 e. The van der Waals surface area contributed by atoms with Crippen molar-refractivity contribution in [3.05, 3.63) is 29.5 Å². The number of phosphoric acid groups is 1. The van der Waals surface area contributed by atoms with Gasteiger partial charge in [0.1, 0.15) is 11.3 Å². The number of likely N-dealkylation sites (N-methyl/N-ethyl adjacent to an activating group) is 1. The summed E-state index contributed by atoms with van der Waals surface area (Å²) in [6.45, 7) is 2.15. The van der Waals surface area contributed by atoms with Crippen LogP contribution >= 0.6 is 7.82 Å². The summed E-state index contributed by atoms with van der Waals surface area (Å²) in [5.41, 5.74) is 3.12. The molecule has 0 aliphatic heterocycles. The molecule has 1 atom stereocenters. The second-order valence-corrected chi connectivity index (χ2v) is 8.62. The topological polar surface area (TPSA) is 123 Å². The molecule has 0 radical (unpaired) electrons. The van der Waals surface area contributed by atoms with Gasteiger partial charge in [-0.2, -0.15) is 0 Å². The van der Waals surface area contributed by atoms with E-state index in [9.17, 15) is 4.79 Å². The number of carbonyl (C=O) groups excluding carboxylic acids is 1. The highest BCUT2D eigenvalue weighted by molar-refractivity contribution is 7.45. The lowest BCUT2D eigenvalue weighted by atomic mass is 9.91. The Labute approximate surface area is 171 Å². The zero-order valence-corrected chi connectivity index (χ0v) is 18.1. The van der Waals surface area contributed by atoms with Crippen molar-refractivity contribution in [3.63, 3.8) is 0 Å². The smallest absolute Gasteiger partial charge is 0.461 e. The first kappa shape index (κ1) is 23.6. The molecular weight excluding hydrogens is 395 g/mol. The molecule has 8 nitrogen and oxygen atoms in total. The lowest BCUT2D eigenvalue weighted by Crippen LogP contribution is -2.33. The van der Waals surface area contributed by atoms with E-state index in [1.54, 1.807) is 0 Å². The van der Waals surface area contributed by atoms with E-state index in [1.165, 1.54) is 5.56 Å². The van der Waals surface area contributed by atoms with Gasteiger partial charge in [-0.15, -0.1) is 0 Å². The van der Waals surface area contributed by atoms with Crippen molar-refractivity contribution in [3.8, 4) is 0 Å². The maximum absolute atomic E-state index is 12.1. The van der Waals surface area contributed by atoms with Crippen molar-refractivity contribution in [2.45, 2.75) is 57.9 Å². The van der Waals surface area contributed by atoms with Gasteiger partial charge in [0.05, 0.1) is 0 Å². The van der Waals surface area contributed by atoms with E-state index < -0.39 is 7.82 Å². The summed E-state index contributed by atoms with van der Waals surface area (Å²) in [5.74, 6) is 1.22. The number of aryl methyl sites for hydroxylation is 1. The summed E-state index contributed by atoms with van der Waals surface area (Å²) in [6.07, 6.45) is 6.94. The van der Waals surface area contributed by atoms with E-state index in [1.807, 2.05) is 12.1 Å². The minimum Gasteiger partial charge on any atom is -0.461 e. The molecule has 0 saturated carbocycles. The van der Waals surface area contributed by atoms with Gasteiger partial charge in [-0.3, -0.25) is 4.79 Å². The van der Waals surface area contributed by atoms with Crippen LogP contribution in [0.2, 0.25) is 0 Å². The molecule has 0 spiro atoms. The Morgan fingerprint density at radius 1 is 1.28 bits per heavy atom. The van der Waals surface area contributed by atoms with Crippen LogP contribution in [0, 0.1) is 0 Å². The Balaban J connectivity index is 0.000000537. The van der Waals surface area contributed by atoms with Crippen LogP contribution in [-0.2, 0) is 22.2 Å². The van der Waals surface area contributed by atoms with Crippen LogP contribution < -0.4 is 5.32 Å². The van der Waals surface area contributed by atoms with Gasteiger partial charge >= 0.3 is 7.82 Å². The van der Waals surface area contributed by atoms with Crippen LogP contribution in [-0.4, -0.2) is 45.6 Å². The van der Waals surface area contributed by atoms with E-state index in [0.717, 1.165) is 60.9 Å². The van der Waals surface area contributed by atoms with E-state index in [-0.39, 0.29) is 5.91 Å². The third-order valence-electron chi connectivity index (χ3n) is 5.04. The van der Waals surface area contributed by atoms with Gasteiger partial charge in [0.15, 0.2) is 0 Å². The number of fused-ring (bicyclic) bond motifs is 3. The van der Waals surface area contributed by atoms with Crippen LogP contribution in [0.3, 0.4) is 0 Å². The molecule has 3 rings (SSSR count). The fourth-order valence-corrected chi connectivity index (χ4v) is 3.54. The second kappa shape index (κ2) is 10.4. The molecule has 0 bridgehead atoms. The van der Waals surface area contributed by atoms with E-state index in [2.05, 4.69) is 37.3 Å². The van der Waals surface area contributed by atoms with E-state index >= 15 is 0 Å². The highest BCUT2D eigenvalue weighted by atomic mass is 31.2. The molecule has 9 heteroatoms. The number of amides is 1. The predicted molar refractivity (Wildman–Crippen MR) is 113 cm³/mol. The van der Waals surface area contributed by atoms with Gasteiger partial charge in [0.25, 0.3) is 0 Å². The van der Waals surface area contributed by atoms with Gasteiger partial charge in [0, 0.05) is 35.5 Å². The largest absolute Gasteiger partial charge is 0.466 e. The molecule has 4 N–H and O–H groups in total. The van der Waals surface area contributed by atoms with Crippen molar-refractivity contribution in [1.82, 2.24) is 4.90 Å². The molecule has 1 unspecified atom stereocenters. The van der Waals surface area contributed by atoms with E-state index in [0.29, 0.717) is 12.5 Å². The normalized spacial score (nSPS) is 16.3. The summed E-state index contributed by atoms with van der Waals surface area (Å²) in [7, 11) is -0.361. The zero-order valence-electron chi connectivity index (χ0n) is 17.2. The number of nitrogens with one attached hydrogen (secondary N) is 1. The summed E-state index contributed by atoms with van der Waals surface area (Å²) in [4.78, 5) is 35.9. The molecule has 1 aliphatic rings. The highest BCUT2D eigenvalue weighted by Gasteiger charge is 2.25. The second-order valence-electron chi connectivity index (χ2n) is 7.59. The number of furan rings is 1. The fraction of sp³-hybridized carbons (Fsp3) is 0.550. The van der Waals surface area contributed by atoms with Crippen molar-refractivity contribution in [2.75, 3.05) is 19.4 Å². The van der Waals surface area contributed by atoms with Gasteiger partial charge in [-0.05, 0) is 51.6 Å². The summed E-state index contributed by atoms with van der Waals surface area (Å²) in [5, 5.41) is 4.19. The molecule has 1 aromatic heterocycles. The summed E-state index contributed by atoms with van der Waals surface area (Å²) < 4.78 is 14.9. The predicted octanol–water partition coefficient (Wildman–Crippen LogP) is 3.44. The fourth-order valence-electron chi connectivity index (χ4n) is 3.54. The van der Waals surface area contributed by atoms with Crippen LogP contribution in [0.4, 0.5) is 5.69 Å². The first-order valence-corrected chi connectivity index (χ1v) is 11.4. The Kier molecular flexibility index (Phi) is 8.43. The number of unbranched alkanes of at least 4 members (excludes halogenated alkanes) is 2. The molecule has 0 fully saturated rings. The zero-order chi connectivity index (χ0) is 21.6. The molecule has 1 aromatic carbocycles. The first-order chi connectivity index (χ1) is 13.6. The quantitative estimate of drug-likeness (QED) is 0.412. The summed E-state index contributed by atoms with van der Waals surface area (Å²) in [6, 6.07) is 6.57. The SMILES string of the molecule is CCCCCC(=O)Nc1ccc2oc3c(c2c1)CC(N(C)C)CC3.O=P(O)(O)O. The summed E-state index contributed by atoms with van der Waals surface area (Å²) >= 11 is 0. The lowest BCUT2D eigenvalue weighted by molar-refractivity contribution is -0.116. The van der Waals surface area contributed by atoms with Gasteiger partial charge in [-0.1, -0.05) is 19.8 Å². The molecule has 1 heterocycles. The van der Waals surface area contributed by atoms with Crippen LogP contribution in [0.25, 0.3) is 11.0 Å². The Morgan fingerprint density at radius 2 is 1.97 bits per heavy atom. The van der Waals surface area contributed by atoms with Crippen molar-refractivity contribution < 1.29 is 28.5 Å². The van der Waals surface area contributed by atoms with Gasteiger partial charge in [0.2, 0.25) is 5.91 Å². The molecular formula is C20H31N2O6P. The van der Waals surface area contributed by atoms with Crippen molar-refractivity contribution in [1.29, 1.82) is 0 Å². The monoisotopic (exact) mass is 426 g/mol. The number of rotatable bonds is 6. The van der Waals surface area contributed by atoms with E-state index in [4.69, 9.17) is 23.7 Å². The first-order valence-electron chi connectivity index (χ1n) is 9.87. The maximum atomic E-state index is 12.1. The minimum atomic E-state index is -4.64. The molecule has 162 valence electrons. The number of benzene rings is 1. The van der Waals surface area contributed by atoms with Crippen LogP contribution in [0.1, 0.15) is 50.4 Å². The average molecular weight is 426 g/mol. The van der Waals surface area contributed by atoms with Crippen molar-refractivity contribution in [2.24, 2.45) is 0 Å². The van der Waals surface area contributed by atoms with Gasteiger partial charge < -0.3 is 29.3 Å². The third kappa shape index (κ3) is 7.57. The van der Waals surface area contributed by atoms with Crippen LogP contribution in [0.15, 0.2) is 22.6 Å². The lowest BCUT2D eigenvalue weighted by Gasteiger charge is -2.27. The number of anilines is 1. The molecule has 29 heavy (non-hydrogen) atoms. The van der Waals surface area contributed by atoms with Crippen molar-refractivity contribution >= 4 is 30.4 Å². The Hall–Kier alpha value is -1.70. The van der Waals surface area contributed by atoms with Gasteiger partial charge in [-0.25, -0.2) is 4.57 Å². The molecule has 1 amide bonds. The number of hydrogen-bond donors (Lipinski definition) is 4.